The van der Waals surface area contributed by atoms with Gasteiger partial charge in [0.1, 0.15) is 5.82 Å². The first-order valence-corrected chi connectivity index (χ1v) is 5.10. The van der Waals surface area contributed by atoms with Gasteiger partial charge >= 0.3 is 0 Å². The summed E-state index contributed by atoms with van der Waals surface area (Å²) in [7, 11) is 0. The van der Waals surface area contributed by atoms with Crippen LogP contribution in [0.1, 0.15) is 5.82 Å². The molecule has 0 saturated heterocycles. The number of benzene rings is 1. The number of hydrogen-bond acceptors (Lipinski definition) is 6. The van der Waals surface area contributed by atoms with Crippen molar-refractivity contribution in [3.8, 4) is 22.9 Å². The number of nitrogens with zero attached hydrogens (tertiary/aromatic N) is 3. The van der Waals surface area contributed by atoms with Crippen LogP contribution in [0.3, 0.4) is 0 Å². The third-order valence-corrected chi connectivity index (χ3v) is 2.40. The van der Waals surface area contributed by atoms with Crippen LogP contribution in [0.25, 0.3) is 11.4 Å². The number of hydrogen-bond donors (Lipinski definition) is 1. The minimum atomic E-state index is 0.213. The van der Waals surface area contributed by atoms with E-state index in [0.717, 1.165) is 11.3 Å². The van der Waals surface area contributed by atoms with Crippen LogP contribution in [0.5, 0.6) is 11.5 Å². The van der Waals surface area contributed by atoms with Gasteiger partial charge in [0, 0.05) is 5.56 Å². The maximum atomic E-state index is 5.59. The van der Waals surface area contributed by atoms with Gasteiger partial charge in [-0.3, -0.25) is 0 Å². The van der Waals surface area contributed by atoms with Gasteiger partial charge in [0.25, 0.3) is 0 Å². The number of rotatable bonds is 1. The molecule has 1 aromatic heterocycles. The standard InChI is InChI=1S/C11H10N4O2/c1-6-13-10(15-11(12)14-6)7-2-3-8-9(4-7)17-5-16-8/h2-4H,5H2,1H3,(H2,12,13,14,15). The fraction of sp³-hybridized carbons (Fsp3) is 0.182. The van der Waals surface area contributed by atoms with Gasteiger partial charge in [-0.15, -0.1) is 0 Å². The monoisotopic (exact) mass is 230 g/mol. The Hall–Kier alpha value is -2.37. The van der Waals surface area contributed by atoms with Crippen LogP contribution in [-0.4, -0.2) is 21.7 Å². The Morgan fingerprint density at radius 2 is 1.94 bits per heavy atom. The first-order valence-electron chi connectivity index (χ1n) is 5.10. The Bertz CT molecular complexity index is 565. The van der Waals surface area contributed by atoms with Crippen molar-refractivity contribution in [2.75, 3.05) is 12.5 Å². The van der Waals surface area contributed by atoms with E-state index in [2.05, 4.69) is 15.0 Å². The van der Waals surface area contributed by atoms with E-state index in [0.29, 0.717) is 17.4 Å². The number of nitrogens with two attached hydrogens (primary N) is 1. The van der Waals surface area contributed by atoms with E-state index >= 15 is 0 Å². The smallest absolute Gasteiger partial charge is 0.231 e. The predicted molar refractivity (Wildman–Crippen MR) is 60.5 cm³/mol. The molecule has 0 fully saturated rings. The van der Waals surface area contributed by atoms with Gasteiger partial charge in [0.15, 0.2) is 17.3 Å². The van der Waals surface area contributed by atoms with Crippen LogP contribution in [0.4, 0.5) is 5.95 Å². The molecule has 17 heavy (non-hydrogen) atoms. The van der Waals surface area contributed by atoms with E-state index < -0.39 is 0 Å². The van der Waals surface area contributed by atoms with Gasteiger partial charge in [-0.25, -0.2) is 4.98 Å². The Morgan fingerprint density at radius 3 is 2.76 bits per heavy atom. The number of ether oxygens (including phenoxy) is 2. The second-order valence-corrected chi connectivity index (χ2v) is 3.63. The molecule has 0 spiro atoms. The lowest BCUT2D eigenvalue weighted by atomic mass is 10.2. The summed E-state index contributed by atoms with van der Waals surface area (Å²) in [4.78, 5) is 12.3. The van der Waals surface area contributed by atoms with Gasteiger partial charge in [-0.05, 0) is 25.1 Å². The van der Waals surface area contributed by atoms with Gasteiger partial charge in [0.2, 0.25) is 12.7 Å². The molecule has 2 heterocycles. The number of aryl methyl sites for hydroxylation is 1. The molecule has 6 heteroatoms. The minimum Gasteiger partial charge on any atom is -0.454 e. The van der Waals surface area contributed by atoms with Crippen LogP contribution < -0.4 is 15.2 Å². The van der Waals surface area contributed by atoms with E-state index in [1.165, 1.54) is 0 Å². The average Bonchev–Trinajstić information content (AvgIpc) is 2.74. The molecule has 0 aliphatic carbocycles. The van der Waals surface area contributed by atoms with Gasteiger partial charge in [0.05, 0.1) is 0 Å². The fourth-order valence-corrected chi connectivity index (χ4v) is 1.67. The first-order chi connectivity index (χ1) is 8.22. The van der Waals surface area contributed by atoms with Crippen LogP contribution in [0.2, 0.25) is 0 Å². The molecular weight excluding hydrogens is 220 g/mol. The Balaban J connectivity index is 2.09. The average molecular weight is 230 g/mol. The number of aromatic nitrogens is 3. The molecule has 2 aromatic rings. The molecule has 2 N–H and O–H groups in total. The predicted octanol–water partition coefficient (Wildman–Crippen LogP) is 1.16. The molecule has 6 nitrogen and oxygen atoms in total. The molecule has 1 aromatic carbocycles. The zero-order chi connectivity index (χ0) is 11.8. The third-order valence-electron chi connectivity index (χ3n) is 2.40. The quantitative estimate of drug-likeness (QED) is 0.791. The minimum absolute atomic E-state index is 0.213. The highest BCUT2D eigenvalue weighted by atomic mass is 16.7. The number of anilines is 1. The van der Waals surface area contributed by atoms with Crippen molar-refractivity contribution < 1.29 is 9.47 Å². The Labute approximate surface area is 97.4 Å². The lowest BCUT2D eigenvalue weighted by molar-refractivity contribution is 0.174. The Morgan fingerprint density at radius 1 is 1.12 bits per heavy atom. The van der Waals surface area contributed by atoms with Crippen molar-refractivity contribution >= 4 is 5.95 Å². The summed E-state index contributed by atoms with van der Waals surface area (Å²) in [6, 6.07) is 5.52. The lowest BCUT2D eigenvalue weighted by Crippen LogP contribution is -2.01. The Kier molecular flexibility index (Phi) is 2.07. The molecule has 3 rings (SSSR count). The highest BCUT2D eigenvalue weighted by molar-refractivity contribution is 5.62. The molecule has 0 atom stereocenters. The second kappa shape index (κ2) is 3.58. The number of fused-ring (bicyclic) bond motifs is 1. The summed E-state index contributed by atoms with van der Waals surface area (Å²) < 4.78 is 10.5. The first kappa shape index (κ1) is 9.83. The molecule has 0 radical (unpaired) electrons. The fourth-order valence-electron chi connectivity index (χ4n) is 1.67. The summed E-state index contributed by atoms with van der Waals surface area (Å²) in [5.41, 5.74) is 6.42. The SMILES string of the molecule is Cc1nc(N)nc(-c2ccc3c(c2)OCO3)n1. The number of nitrogen functional groups attached to an aromatic ring is 1. The molecular formula is C11H10N4O2. The molecule has 1 aliphatic rings. The van der Waals surface area contributed by atoms with Crippen LogP contribution in [-0.2, 0) is 0 Å². The van der Waals surface area contributed by atoms with Crippen molar-refractivity contribution in [3.63, 3.8) is 0 Å². The molecule has 0 bridgehead atoms. The summed E-state index contributed by atoms with van der Waals surface area (Å²) >= 11 is 0. The van der Waals surface area contributed by atoms with Crippen LogP contribution in [0, 0.1) is 6.92 Å². The maximum absolute atomic E-state index is 5.59. The summed E-state index contributed by atoms with van der Waals surface area (Å²) in [6.45, 7) is 2.02. The van der Waals surface area contributed by atoms with Crippen molar-refractivity contribution in [2.45, 2.75) is 6.92 Å². The zero-order valence-corrected chi connectivity index (χ0v) is 9.17. The van der Waals surface area contributed by atoms with E-state index in [1.54, 1.807) is 6.92 Å². The molecule has 0 saturated carbocycles. The van der Waals surface area contributed by atoms with Crippen molar-refractivity contribution in [3.05, 3.63) is 24.0 Å². The van der Waals surface area contributed by atoms with Gasteiger partial charge < -0.3 is 15.2 Å². The van der Waals surface area contributed by atoms with E-state index in [9.17, 15) is 0 Å². The summed E-state index contributed by atoms with van der Waals surface area (Å²) in [5.74, 6) is 2.76. The topological polar surface area (TPSA) is 83.2 Å². The molecule has 0 unspecified atom stereocenters. The molecule has 86 valence electrons. The highest BCUT2D eigenvalue weighted by Gasteiger charge is 2.15. The lowest BCUT2D eigenvalue weighted by Gasteiger charge is -2.03. The van der Waals surface area contributed by atoms with Gasteiger partial charge in [-0.1, -0.05) is 0 Å². The van der Waals surface area contributed by atoms with Crippen molar-refractivity contribution in [1.82, 2.24) is 15.0 Å². The third kappa shape index (κ3) is 1.73. The highest BCUT2D eigenvalue weighted by Crippen LogP contribution is 2.34. The molecule has 0 amide bonds. The van der Waals surface area contributed by atoms with Crippen molar-refractivity contribution in [2.24, 2.45) is 0 Å². The summed E-state index contributed by atoms with van der Waals surface area (Å²) in [6.07, 6.45) is 0. The summed E-state index contributed by atoms with van der Waals surface area (Å²) in [5, 5.41) is 0. The normalized spacial score (nSPS) is 12.8. The maximum Gasteiger partial charge on any atom is 0.231 e. The van der Waals surface area contributed by atoms with E-state index in [4.69, 9.17) is 15.2 Å². The van der Waals surface area contributed by atoms with Crippen molar-refractivity contribution in [1.29, 1.82) is 0 Å². The largest absolute Gasteiger partial charge is 0.454 e. The second-order valence-electron chi connectivity index (χ2n) is 3.63. The van der Waals surface area contributed by atoms with E-state index in [-0.39, 0.29) is 12.7 Å². The van der Waals surface area contributed by atoms with E-state index in [1.807, 2.05) is 18.2 Å². The molecule has 1 aliphatic heterocycles. The van der Waals surface area contributed by atoms with Crippen LogP contribution in [0.15, 0.2) is 18.2 Å². The van der Waals surface area contributed by atoms with Gasteiger partial charge in [-0.2, -0.15) is 9.97 Å². The zero-order valence-electron chi connectivity index (χ0n) is 9.17. The van der Waals surface area contributed by atoms with Crippen LogP contribution >= 0.6 is 0 Å².